The molecule has 0 aliphatic heterocycles. The summed E-state index contributed by atoms with van der Waals surface area (Å²) in [6.45, 7) is -0.360. The van der Waals surface area contributed by atoms with Crippen LogP contribution in [0.3, 0.4) is 0 Å². The van der Waals surface area contributed by atoms with Gasteiger partial charge in [0.1, 0.15) is 17.2 Å². The van der Waals surface area contributed by atoms with Crippen LogP contribution >= 0.6 is 0 Å². The highest BCUT2D eigenvalue weighted by molar-refractivity contribution is 5.93. The summed E-state index contributed by atoms with van der Waals surface area (Å²) < 4.78 is 20.4. The Morgan fingerprint density at radius 2 is 1.44 bits per heavy atom. The molecule has 0 saturated heterocycles. The van der Waals surface area contributed by atoms with Gasteiger partial charge >= 0.3 is 5.97 Å². The average molecular weight is 373 g/mol. The van der Waals surface area contributed by atoms with Gasteiger partial charge in [-0.15, -0.1) is 0 Å². The molecule has 144 valence electrons. The van der Waals surface area contributed by atoms with E-state index in [2.05, 4.69) is 5.32 Å². The van der Waals surface area contributed by atoms with E-state index in [4.69, 9.17) is 18.9 Å². The molecule has 0 spiro atoms. The van der Waals surface area contributed by atoms with E-state index in [9.17, 15) is 9.59 Å². The molecule has 7 nitrogen and oxygen atoms in total. The van der Waals surface area contributed by atoms with Crippen molar-refractivity contribution in [2.24, 2.45) is 0 Å². The average Bonchev–Trinajstić information content (AvgIpc) is 2.70. The Labute approximate surface area is 158 Å². The summed E-state index contributed by atoms with van der Waals surface area (Å²) in [7, 11) is 4.63. The molecule has 0 saturated carbocycles. The molecule has 0 aliphatic rings. The SMILES string of the molecule is COc1ccc(CCC(=O)OCC(=O)Nc2cc(OC)cc(OC)c2)cc1. The molecular weight excluding hydrogens is 350 g/mol. The van der Waals surface area contributed by atoms with E-state index in [1.807, 2.05) is 24.3 Å². The Morgan fingerprint density at radius 1 is 0.852 bits per heavy atom. The number of methoxy groups -OCH3 is 3. The molecule has 2 aromatic rings. The van der Waals surface area contributed by atoms with Gasteiger partial charge in [0.15, 0.2) is 6.61 Å². The minimum absolute atomic E-state index is 0.187. The number of esters is 1. The first-order valence-electron chi connectivity index (χ1n) is 8.35. The third-order valence-electron chi connectivity index (χ3n) is 3.78. The van der Waals surface area contributed by atoms with Crippen LogP contribution in [-0.4, -0.2) is 39.8 Å². The second-order valence-electron chi connectivity index (χ2n) is 5.66. The van der Waals surface area contributed by atoms with Gasteiger partial charge in [-0.05, 0) is 24.1 Å². The lowest BCUT2D eigenvalue weighted by atomic mass is 10.1. The predicted octanol–water partition coefficient (Wildman–Crippen LogP) is 2.83. The van der Waals surface area contributed by atoms with Gasteiger partial charge in [0, 0.05) is 30.3 Å². The number of carbonyl (C=O) groups excluding carboxylic acids is 2. The van der Waals surface area contributed by atoms with Gasteiger partial charge < -0.3 is 24.3 Å². The minimum atomic E-state index is -0.442. The zero-order chi connectivity index (χ0) is 19.6. The number of carbonyl (C=O) groups is 2. The summed E-state index contributed by atoms with van der Waals surface area (Å²) in [6, 6.07) is 12.4. The van der Waals surface area contributed by atoms with Crippen LogP contribution in [0.15, 0.2) is 42.5 Å². The summed E-state index contributed by atoms with van der Waals surface area (Å²) in [5.41, 5.74) is 1.48. The molecule has 0 heterocycles. The standard InChI is InChI=1S/C20H23NO6/c1-24-16-7-4-14(5-8-16)6-9-20(23)27-13-19(22)21-15-10-17(25-2)12-18(11-15)26-3/h4-5,7-8,10-12H,6,9,13H2,1-3H3,(H,21,22). The summed E-state index contributed by atoms with van der Waals surface area (Å²) in [5, 5.41) is 2.64. The molecule has 2 aromatic carbocycles. The summed E-state index contributed by atoms with van der Waals surface area (Å²) >= 11 is 0. The summed E-state index contributed by atoms with van der Waals surface area (Å²) in [6.07, 6.45) is 0.712. The van der Waals surface area contributed by atoms with Gasteiger partial charge in [0.25, 0.3) is 5.91 Å². The van der Waals surface area contributed by atoms with Crippen molar-refractivity contribution in [1.29, 1.82) is 0 Å². The lowest BCUT2D eigenvalue weighted by Crippen LogP contribution is -2.21. The summed E-state index contributed by atoms with van der Waals surface area (Å²) in [4.78, 5) is 23.8. The van der Waals surface area contributed by atoms with E-state index in [-0.39, 0.29) is 13.0 Å². The smallest absolute Gasteiger partial charge is 0.306 e. The predicted molar refractivity (Wildman–Crippen MR) is 100 cm³/mol. The highest BCUT2D eigenvalue weighted by Gasteiger charge is 2.10. The highest BCUT2D eigenvalue weighted by atomic mass is 16.5. The van der Waals surface area contributed by atoms with Gasteiger partial charge in [-0.3, -0.25) is 9.59 Å². The topological polar surface area (TPSA) is 83.1 Å². The van der Waals surface area contributed by atoms with Gasteiger partial charge in [0.05, 0.1) is 21.3 Å². The largest absolute Gasteiger partial charge is 0.497 e. The van der Waals surface area contributed by atoms with Crippen LogP contribution in [0.1, 0.15) is 12.0 Å². The van der Waals surface area contributed by atoms with Gasteiger partial charge in [-0.1, -0.05) is 12.1 Å². The molecule has 0 fully saturated rings. The normalized spacial score (nSPS) is 10.0. The molecular formula is C20H23NO6. The molecule has 0 bridgehead atoms. The van der Waals surface area contributed by atoms with E-state index in [1.54, 1.807) is 25.3 Å². The first kappa shape index (κ1) is 20.1. The van der Waals surface area contributed by atoms with Crippen LogP contribution in [0.25, 0.3) is 0 Å². The van der Waals surface area contributed by atoms with Crippen molar-refractivity contribution >= 4 is 17.6 Å². The van der Waals surface area contributed by atoms with Crippen LogP contribution in [0, 0.1) is 0 Å². The van der Waals surface area contributed by atoms with Crippen molar-refractivity contribution in [1.82, 2.24) is 0 Å². The third-order valence-corrected chi connectivity index (χ3v) is 3.78. The molecule has 0 aromatic heterocycles. The quantitative estimate of drug-likeness (QED) is 0.681. The van der Waals surface area contributed by atoms with E-state index >= 15 is 0 Å². The fourth-order valence-corrected chi connectivity index (χ4v) is 2.33. The van der Waals surface area contributed by atoms with Crippen LogP contribution in [-0.2, 0) is 20.7 Å². The lowest BCUT2D eigenvalue weighted by Gasteiger charge is -2.10. The monoisotopic (exact) mass is 373 g/mol. The Balaban J connectivity index is 1.78. The van der Waals surface area contributed by atoms with Gasteiger partial charge in [0.2, 0.25) is 0 Å². The molecule has 0 aliphatic carbocycles. The number of hydrogen-bond acceptors (Lipinski definition) is 6. The van der Waals surface area contributed by atoms with Crippen molar-refractivity contribution < 1.29 is 28.5 Å². The maximum Gasteiger partial charge on any atom is 0.306 e. The van der Waals surface area contributed by atoms with Crippen LogP contribution in [0.2, 0.25) is 0 Å². The molecule has 0 atom stereocenters. The minimum Gasteiger partial charge on any atom is -0.497 e. The second-order valence-corrected chi connectivity index (χ2v) is 5.66. The molecule has 0 unspecified atom stereocenters. The van der Waals surface area contributed by atoms with Crippen molar-refractivity contribution in [3.63, 3.8) is 0 Å². The number of hydrogen-bond donors (Lipinski definition) is 1. The van der Waals surface area contributed by atoms with Crippen molar-refractivity contribution in [2.45, 2.75) is 12.8 Å². The third kappa shape index (κ3) is 6.54. The molecule has 0 radical (unpaired) electrons. The zero-order valence-electron chi connectivity index (χ0n) is 15.6. The Bertz CT molecular complexity index is 750. The van der Waals surface area contributed by atoms with Crippen LogP contribution in [0.4, 0.5) is 5.69 Å². The Hall–Kier alpha value is -3.22. The van der Waals surface area contributed by atoms with Crippen molar-refractivity contribution in [3.05, 3.63) is 48.0 Å². The number of nitrogens with one attached hydrogen (secondary N) is 1. The molecule has 7 heteroatoms. The molecule has 1 amide bonds. The molecule has 27 heavy (non-hydrogen) atoms. The van der Waals surface area contributed by atoms with E-state index in [1.165, 1.54) is 14.2 Å². The number of rotatable bonds is 9. The highest BCUT2D eigenvalue weighted by Crippen LogP contribution is 2.25. The maximum atomic E-state index is 12.0. The van der Waals surface area contributed by atoms with E-state index in [0.29, 0.717) is 23.6 Å². The Morgan fingerprint density at radius 3 is 2.00 bits per heavy atom. The van der Waals surface area contributed by atoms with Crippen LogP contribution in [0.5, 0.6) is 17.2 Å². The van der Waals surface area contributed by atoms with E-state index in [0.717, 1.165) is 11.3 Å². The summed E-state index contributed by atoms with van der Waals surface area (Å²) in [5.74, 6) is 0.960. The number of ether oxygens (including phenoxy) is 4. The number of benzene rings is 2. The van der Waals surface area contributed by atoms with Gasteiger partial charge in [-0.2, -0.15) is 0 Å². The number of amides is 1. The first-order valence-corrected chi connectivity index (χ1v) is 8.35. The fourth-order valence-electron chi connectivity index (χ4n) is 2.33. The van der Waals surface area contributed by atoms with Crippen molar-refractivity contribution in [2.75, 3.05) is 33.3 Å². The van der Waals surface area contributed by atoms with Crippen LogP contribution < -0.4 is 19.5 Å². The lowest BCUT2D eigenvalue weighted by molar-refractivity contribution is -0.147. The van der Waals surface area contributed by atoms with E-state index < -0.39 is 11.9 Å². The Kier molecular flexibility index (Phi) is 7.49. The number of anilines is 1. The molecule has 2 rings (SSSR count). The second kappa shape index (κ2) is 10.1. The van der Waals surface area contributed by atoms with Crippen molar-refractivity contribution in [3.8, 4) is 17.2 Å². The maximum absolute atomic E-state index is 12.0. The number of aryl methyl sites for hydroxylation is 1. The first-order chi connectivity index (χ1) is 13.0. The zero-order valence-corrected chi connectivity index (χ0v) is 15.6. The van der Waals surface area contributed by atoms with Gasteiger partial charge in [-0.25, -0.2) is 0 Å². The fraction of sp³-hybridized carbons (Fsp3) is 0.300. The molecule has 1 N–H and O–H groups in total.